The van der Waals surface area contributed by atoms with Gasteiger partial charge in [0.25, 0.3) is 0 Å². The van der Waals surface area contributed by atoms with Gasteiger partial charge in [-0.05, 0) is 154 Å². The standard InChI is InChI=1S/C121H210O16P2/c1-4-7-10-13-16-19-22-25-28-31-34-37-40-43-46-49-52-55-57-60-62-65-68-71-74-77-80-83-86-89-92-95-98-101-104-107-119(124)131-110-116(122)111-133-138(127,128)134-112-117(123)113-135-139(129,130)136-115-118(137-121(126)109-106-103-100-97-94-91-88-85-82-79-76-73-70-67-64-59-54-51-48-45-42-39-36-33-30-27-24-21-18-15-12-9-6-3)114-132-120(125)108-105-102-99-96-93-90-87-84-81-78-75-72-69-66-63-61-58-56-53-50-47-44-41-38-35-32-29-26-23-20-17-14-11-8-5-2/h7-12,16-21,25-30,34-39,43-48,116-118,122-123H,4-6,13-15,22-24,31-33,40-42,49-115H2,1-3H3,(H,127,128)(H,129,130)/b10-7-,11-8-,12-9-,19-16-,20-17-,21-18-,28-25-,29-26-,30-27-,37-34-,38-35-,39-36-,46-43-,47-44-,48-45-. The van der Waals surface area contributed by atoms with Crippen LogP contribution < -0.4 is 0 Å². The summed E-state index contributed by atoms with van der Waals surface area (Å²) in [6.07, 6.45) is 150. The lowest BCUT2D eigenvalue weighted by molar-refractivity contribution is -0.161. The Morgan fingerprint density at radius 2 is 0.360 bits per heavy atom. The van der Waals surface area contributed by atoms with Crippen molar-refractivity contribution in [2.45, 2.75) is 527 Å². The summed E-state index contributed by atoms with van der Waals surface area (Å²) in [7, 11) is -9.82. The van der Waals surface area contributed by atoms with Gasteiger partial charge in [0.05, 0.1) is 26.4 Å². The van der Waals surface area contributed by atoms with Gasteiger partial charge in [-0.2, -0.15) is 0 Å². The first-order valence-corrected chi connectivity index (χ1v) is 60.1. The SMILES string of the molecule is CC/C=C\C/C=C\C/C=C\C/C=C\C/C=C\CCCCCCCCCCCCCCCCCCCCCC(=O)OCC(O)COP(=O)(O)OCC(O)COP(=O)(O)OCC(COC(=O)CCCCCCCCCCCCCCCCCCCCC/C=C\C/C=C\C/C=C\C/C=C\C/C=C\CC)OC(=O)CCCCCCCCCCCCCCCCCCC/C=C\C/C=C\C/C=C\C/C=C\C/C=C\CC. The minimum absolute atomic E-state index is 0.105. The van der Waals surface area contributed by atoms with Crippen LogP contribution in [0.15, 0.2) is 182 Å². The maximum absolute atomic E-state index is 13.2. The van der Waals surface area contributed by atoms with Crippen LogP contribution in [0.2, 0.25) is 0 Å². The highest BCUT2D eigenvalue weighted by Gasteiger charge is 2.30. The number of phosphoric acid groups is 2. The molecule has 0 aliphatic carbocycles. The van der Waals surface area contributed by atoms with Crippen molar-refractivity contribution < 1.29 is 75.8 Å². The van der Waals surface area contributed by atoms with Crippen molar-refractivity contribution in [3.8, 4) is 0 Å². The molecule has 0 spiro atoms. The molecule has 0 radical (unpaired) electrons. The topological polar surface area (TPSA) is 231 Å². The average Bonchev–Trinajstić information content (AvgIpc) is 0.891. The number of ether oxygens (including phenoxy) is 3. The molecule has 0 aromatic carbocycles. The van der Waals surface area contributed by atoms with Gasteiger partial charge in [-0.15, -0.1) is 0 Å². The van der Waals surface area contributed by atoms with E-state index in [9.17, 15) is 43.5 Å². The van der Waals surface area contributed by atoms with Gasteiger partial charge in [0, 0.05) is 19.3 Å². The lowest BCUT2D eigenvalue weighted by Gasteiger charge is -2.21. The van der Waals surface area contributed by atoms with E-state index in [0.717, 1.165) is 161 Å². The quantitative estimate of drug-likeness (QED) is 0.0146. The van der Waals surface area contributed by atoms with Crippen LogP contribution >= 0.6 is 15.6 Å². The van der Waals surface area contributed by atoms with Crippen LogP contribution in [0, 0.1) is 0 Å². The van der Waals surface area contributed by atoms with Crippen LogP contribution in [0.4, 0.5) is 0 Å². The van der Waals surface area contributed by atoms with Crippen molar-refractivity contribution >= 4 is 33.6 Å². The summed E-state index contributed by atoms with van der Waals surface area (Å²) in [5, 5.41) is 20.9. The zero-order valence-electron chi connectivity index (χ0n) is 89.1. The predicted molar refractivity (Wildman–Crippen MR) is 592 cm³/mol. The van der Waals surface area contributed by atoms with Crippen LogP contribution in [-0.4, -0.2) is 95.9 Å². The van der Waals surface area contributed by atoms with Gasteiger partial charge in [-0.25, -0.2) is 9.13 Å². The Kier molecular flexibility index (Phi) is 107. The highest BCUT2D eigenvalue weighted by Crippen LogP contribution is 2.45. The van der Waals surface area contributed by atoms with Gasteiger partial charge in [-0.1, -0.05) is 518 Å². The van der Waals surface area contributed by atoms with Gasteiger partial charge in [0.1, 0.15) is 25.4 Å². The molecule has 0 aliphatic heterocycles. The molecule has 0 aliphatic rings. The van der Waals surface area contributed by atoms with Gasteiger partial charge in [-0.3, -0.25) is 32.5 Å². The summed E-state index contributed by atoms with van der Waals surface area (Å²) in [6.45, 7) is 2.45. The van der Waals surface area contributed by atoms with Crippen LogP contribution in [0.25, 0.3) is 0 Å². The van der Waals surface area contributed by atoms with Crippen LogP contribution in [0.5, 0.6) is 0 Å². The van der Waals surface area contributed by atoms with E-state index in [2.05, 4.69) is 203 Å². The third-order valence-corrected chi connectivity index (χ3v) is 26.5. The number of allylic oxidation sites excluding steroid dienone is 30. The molecule has 0 saturated carbocycles. The highest BCUT2D eigenvalue weighted by molar-refractivity contribution is 7.47. The lowest BCUT2D eigenvalue weighted by Crippen LogP contribution is -2.30. The molecule has 139 heavy (non-hydrogen) atoms. The summed E-state index contributed by atoms with van der Waals surface area (Å²) in [4.78, 5) is 59.4. The number of phosphoric ester groups is 2. The number of aliphatic hydroxyl groups excluding tert-OH is 2. The summed E-state index contributed by atoms with van der Waals surface area (Å²) in [5.74, 6) is -1.54. The molecular weight excluding hydrogens is 1770 g/mol. The molecule has 0 saturated heterocycles. The Morgan fingerprint density at radius 1 is 0.201 bits per heavy atom. The number of rotatable bonds is 108. The second-order valence-electron chi connectivity index (χ2n) is 38.1. The highest BCUT2D eigenvalue weighted by atomic mass is 31.2. The maximum atomic E-state index is 13.2. The minimum atomic E-state index is -4.95. The molecule has 5 unspecified atom stereocenters. The van der Waals surface area contributed by atoms with Crippen molar-refractivity contribution in [1.29, 1.82) is 0 Å². The number of aliphatic hydroxyl groups is 2. The van der Waals surface area contributed by atoms with Crippen LogP contribution in [-0.2, 0) is 55.8 Å². The van der Waals surface area contributed by atoms with Crippen molar-refractivity contribution in [2.75, 3.05) is 39.6 Å². The Labute approximate surface area is 853 Å². The van der Waals surface area contributed by atoms with E-state index in [4.69, 9.17) is 32.3 Å². The third kappa shape index (κ3) is 113. The van der Waals surface area contributed by atoms with E-state index >= 15 is 0 Å². The molecular formula is C121H210O16P2. The molecule has 0 fully saturated rings. The first kappa shape index (κ1) is 134. The smallest absolute Gasteiger partial charge is 0.463 e. The second kappa shape index (κ2) is 111. The van der Waals surface area contributed by atoms with Gasteiger partial charge in [0.2, 0.25) is 0 Å². The molecule has 0 aromatic heterocycles. The Balaban J connectivity index is 4.58. The van der Waals surface area contributed by atoms with Crippen molar-refractivity contribution in [1.82, 2.24) is 0 Å². The summed E-state index contributed by atoms with van der Waals surface area (Å²) < 4.78 is 61.9. The van der Waals surface area contributed by atoms with E-state index < -0.39 is 91.5 Å². The summed E-state index contributed by atoms with van der Waals surface area (Å²) in [5.41, 5.74) is 0. The first-order valence-electron chi connectivity index (χ1n) is 57.1. The van der Waals surface area contributed by atoms with Crippen molar-refractivity contribution in [2.24, 2.45) is 0 Å². The molecule has 16 nitrogen and oxygen atoms in total. The Morgan fingerprint density at radius 3 is 0.568 bits per heavy atom. The van der Waals surface area contributed by atoms with Gasteiger partial charge < -0.3 is 34.2 Å². The Hall–Kier alpha value is -5.35. The summed E-state index contributed by atoms with van der Waals surface area (Å²) >= 11 is 0. The van der Waals surface area contributed by atoms with Crippen molar-refractivity contribution in [3.63, 3.8) is 0 Å². The van der Waals surface area contributed by atoms with E-state index in [1.807, 2.05) is 0 Å². The zero-order valence-corrected chi connectivity index (χ0v) is 90.9. The number of unbranched alkanes of at least 4 members (excludes halogenated alkanes) is 55. The monoisotopic (exact) mass is 1980 g/mol. The van der Waals surface area contributed by atoms with E-state index in [1.165, 1.54) is 289 Å². The van der Waals surface area contributed by atoms with Crippen molar-refractivity contribution in [3.05, 3.63) is 182 Å². The van der Waals surface area contributed by atoms with Crippen LogP contribution in [0.3, 0.4) is 0 Å². The molecule has 0 bridgehead atoms. The van der Waals surface area contributed by atoms with E-state index in [-0.39, 0.29) is 19.3 Å². The average molecular weight is 1980 g/mol. The van der Waals surface area contributed by atoms with Crippen LogP contribution in [0.1, 0.15) is 509 Å². The molecule has 0 heterocycles. The van der Waals surface area contributed by atoms with E-state index in [1.54, 1.807) is 0 Å². The Bertz CT molecular complexity index is 3260. The third-order valence-electron chi connectivity index (χ3n) is 24.6. The molecule has 4 N–H and O–H groups in total. The fraction of sp³-hybridized carbons (Fsp3) is 0.727. The number of carbonyl (C=O) groups excluding carboxylic acids is 3. The molecule has 0 amide bonds. The maximum Gasteiger partial charge on any atom is 0.472 e. The largest absolute Gasteiger partial charge is 0.472 e. The first-order chi connectivity index (χ1) is 68.2. The number of esters is 3. The fourth-order valence-corrected chi connectivity index (χ4v) is 17.7. The molecule has 0 aromatic rings. The predicted octanol–water partition coefficient (Wildman–Crippen LogP) is 37.0. The van der Waals surface area contributed by atoms with E-state index in [0.29, 0.717) is 19.3 Å². The molecule has 0 rings (SSSR count). The molecule has 5 atom stereocenters. The molecule has 800 valence electrons. The minimum Gasteiger partial charge on any atom is -0.463 e. The number of carbonyl (C=O) groups is 3. The summed E-state index contributed by atoms with van der Waals surface area (Å²) in [6, 6.07) is 0. The fourth-order valence-electron chi connectivity index (χ4n) is 16.1. The number of hydrogen-bond donors (Lipinski definition) is 4. The lowest BCUT2D eigenvalue weighted by atomic mass is 10.0. The molecule has 18 heteroatoms. The zero-order chi connectivity index (χ0) is 101. The van der Waals surface area contributed by atoms with Gasteiger partial charge >= 0.3 is 33.6 Å². The number of hydrogen-bond acceptors (Lipinski definition) is 14. The normalized spacial score (nSPS) is 14.2. The van der Waals surface area contributed by atoms with Gasteiger partial charge in [0.15, 0.2) is 6.10 Å². The second-order valence-corrected chi connectivity index (χ2v) is 41.0.